The highest BCUT2D eigenvalue weighted by atomic mass is 16.6. The van der Waals surface area contributed by atoms with Crippen LogP contribution in [0.3, 0.4) is 0 Å². The minimum Gasteiger partial charge on any atom is -0.217 e. The second kappa shape index (κ2) is 1.25. The van der Waals surface area contributed by atoms with E-state index in [0.29, 0.717) is 10.7 Å². The van der Waals surface area contributed by atoms with Crippen molar-refractivity contribution >= 4 is 0 Å². The van der Waals surface area contributed by atoms with Gasteiger partial charge in [-0.3, -0.25) is 0 Å². The van der Waals surface area contributed by atoms with Crippen LogP contribution in [-0.2, 0) is 0 Å². The van der Waals surface area contributed by atoms with E-state index in [-0.39, 0.29) is 0 Å². The lowest BCUT2D eigenvalue weighted by Gasteiger charge is -2.37. The summed E-state index contributed by atoms with van der Waals surface area (Å²) in [4.78, 5) is 0. The van der Waals surface area contributed by atoms with Crippen LogP contribution >= 0.6 is 0 Å². The van der Waals surface area contributed by atoms with E-state index in [2.05, 4.69) is 0 Å². The fraction of sp³-hybridized carbons (Fsp3) is 1.00. The van der Waals surface area contributed by atoms with Crippen LogP contribution in [0.25, 0.3) is 0 Å². The molecule has 1 saturated heterocycles. The first-order valence-electron chi connectivity index (χ1n) is 3.41. The van der Waals surface area contributed by atoms with Gasteiger partial charge in [0, 0.05) is 12.8 Å². The molecule has 2 nitrogen and oxygen atoms in total. The zero-order chi connectivity index (χ0) is 5.61. The van der Waals surface area contributed by atoms with E-state index in [1.54, 1.807) is 0 Å². The molecular formula is C6H12NO+. The molecule has 0 radical (unpaired) electrons. The van der Waals surface area contributed by atoms with Crippen molar-refractivity contribution in [2.75, 3.05) is 13.1 Å². The Kier molecular flexibility index (Phi) is 0.746. The van der Waals surface area contributed by atoms with Crippen LogP contribution in [0.15, 0.2) is 0 Å². The number of hydrogen-bond acceptors (Lipinski definition) is 1. The Hall–Kier alpha value is -0.0800. The summed E-state index contributed by atoms with van der Waals surface area (Å²) in [6, 6.07) is 0.642. The average Bonchev–Trinajstić information content (AvgIpc) is 2.38. The molecule has 2 rings (SSSR count). The number of hydrogen-bond donors (Lipinski definition) is 1. The van der Waals surface area contributed by atoms with E-state index in [1.165, 1.54) is 19.3 Å². The van der Waals surface area contributed by atoms with E-state index in [0.717, 1.165) is 13.1 Å². The molecule has 2 aliphatic rings. The maximum Gasteiger partial charge on any atom is 0.119 e. The first-order chi connectivity index (χ1) is 3.81. The van der Waals surface area contributed by atoms with E-state index in [1.807, 2.05) is 0 Å². The molecule has 2 heteroatoms. The number of quaternary nitrogens is 1. The Morgan fingerprint density at radius 2 is 1.88 bits per heavy atom. The van der Waals surface area contributed by atoms with Crippen LogP contribution in [0, 0.1) is 0 Å². The third-order valence-corrected chi connectivity index (χ3v) is 2.32. The molecule has 0 bridgehead atoms. The van der Waals surface area contributed by atoms with E-state index < -0.39 is 0 Å². The maximum atomic E-state index is 9.49. The van der Waals surface area contributed by atoms with Crippen LogP contribution in [-0.4, -0.2) is 29.0 Å². The lowest BCUT2D eigenvalue weighted by Crippen LogP contribution is -2.56. The molecule has 46 valence electrons. The van der Waals surface area contributed by atoms with Crippen LogP contribution in [0.5, 0.6) is 0 Å². The van der Waals surface area contributed by atoms with Gasteiger partial charge in [0.15, 0.2) is 0 Å². The molecular weight excluding hydrogens is 102 g/mol. The second-order valence-electron chi connectivity index (χ2n) is 3.02. The molecule has 0 spiro atoms. The molecule has 1 aliphatic heterocycles. The molecule has 1 N–H and O–H groups in total. The summed E-state index contributed by atoms with van der Waals surface area (Å²) in [5, 5.41) is 9.49. The van der Waals surface area contributed by atoms with Crippen LogP contribution in [0.2, 0.25) is 0 Å². The van der Waals surface area contributed by atoms with Gasteiger partial charge < -0.3 is 0 Å². The summed E-state index contributed by atoms with van der Waals surface area (Å²) in [5.41, 5.74) is 0. The van der Waals surface area contributed by atoms with Crippen molar-refractivity contribution in [3.8, 4) is 0 Å². The van der Waals surface area contributed by atoms with Gasteiger partial charge in [-0.1, -0.05) is 0 Å². The van der Waals surface area contributed by atoms with Crippen molar-refractivity contribution < 1.29 is 9.85 Å². The Morgan fingerprint density at radius 1 is 1.25 bits per heavy atom. The third kappa shape index (κ3) is 0.501. The predicted molar refractivity (Wildman–Crippen MR) is 29.4 cm³/mol. The number of nitrogens with zero attached hydrogens (tertiary/aromatic N) is 1. The third-order valence-electron chi connectivity index (χ3n) is 2.32. The fourth-order valence-corrected chi connectivity index (χ4v) is 1.40. The summed E-state index contributed by atoms with van der Waals surface area (Å²) in [7, 11) is 0. The van der Waals surface area contributed by atoms with Gasteiger partial charge in [0.25, 0.3) is 0 Å². The van der Waals surface area contributed by atoms with Gasteiger partial charge in [0.1, 0.15) is 19.1 Å². The lowest BCUT2D eigenvalue weighted by atomic mass is 10.2. The monoisotopic (exact) mass is 114 g/mol. The molecule has 1 saturated carbocycles. The fourth-order valence-electron chi connectivity index (χ4n) is 1.40. The SMILES string of the molecule is O[N+]1(C2CC2)CCC1. The van der Waals surface area contributed by atoms with Crippen LogP contribution < -0.4 is 0 Å². The normalized spacial score (nSPS) is 34.1. The molecule has 1 heterocycles. The van der Waals surface area contributed by atoms with Crippen molar-refractivity contribution in [1.82, 2.24) is 0 Å². The highest BCUT2D eigenvalue weighted by molar-refractivity contribution is 4.75. The van der Waals surface area contributed by atoms with Gasteiger partial charge in [0.2, 0.25) is 0 Å². The van der Waals surface area contributed by atoms with Crippen LogP contribution in [0.1, 0.15) is 19.3 Å². The van der Waals surface area contributed by atoms with Gasteiger partial charge in [0.05, 0.1) is 6.42 Å². The van der Waals surface area contributed by atoms with Gasteiger partial charge in [-0.05, 0) is 0 Å². The van der Waals surface area contributed by atoms with Crippen LogP contribution in [0.4, 0.5) is 0 Å². The molecule has 0 amide bonds. The molecule has 0 aromatic carbocycles. The lowest BCUT2D eigenvalue weighted by molar-refractivity contribution is -1.14. The molecule has 8 heavy (non-hydrogen) atoms. The predicted octanol–water partition coefficient (Wildman–Crippen LogP) is 0.758. The molecule has 0 unspecified atom stereocenters. The summed E-state index contributed by atoms with van der Waals surface area (Å²) >= 11 is 0. The number of rotatable bonds is 1. The minimum absolute atomic E-state index is 0.417. The Morgan fingerprint density at radius 3 is 2.00 bits per heavy atom. The van der Waals surface area contributed by atoms with E-state index in [9.17, 15) is 5.21 Å². The smallest absolute Gasteiger partial charge is 0.119 e. The number of hydroxylamine groups is 3. The van der Waals surface area contributed by atoms with E-state index in [4.69, 9.17) is 0 Å². The van der Waals surface area contributed by atoms with Crippen molar-refractivity contribution in [1.29, 1.82) is 0 Å². The van der Waals surface area contributed by atoms with Gasteiger partial charge in [-0.2, -0.15) is 4.65 Å². The highest BCUT2D eigenvalue weighted by Crippen LogP contribution is 2.36. The Balaban J connectivity index is 1.99. The zero-order valence-electron chi connectivity index (χ0n) is 5.01. The van der Waals surface area contributed by atoms with Gasteiger partial charge >= 0.3 is 0 Å². The van der Waals surface area contributed by atoms with Gasteiger partial charge in [-0.15, -0.1) is 0 Å². The standard InChI is InChI=1S/C6H12NO/c8-7(4-1-5-7)6-2-3-6/h6,8H,1-5H2/q+1. The Labute approximate surface area is 49.3 Å². The maximum absolute atomic E-state index is 9.49. The molecule has 0 aromatic rings. The largest absolute Gasteiger partial charge is 0.217 e. The highest BCUT2D eigenvalue weighted by Gasteiger charge is 2.49. The zero-order valence-corrected chi connectivity index (χ0v) is 5.01. The van der Waals surface area contributed by atoms with Crippen molar-refractivity contribution in [3.63, 3.8) is 0 Å². The van der Waals surface area contributed by atoms with E-state index >= 15 is 0 Å². The summed E-state index contributed by atoms with van der Waals surface area (Å²) < 4.78 is 0.417. The summed E-state index contributed by atoms with van der Waals surface area (Å²) in [6.45, 7) is 2.04. The van der Waals surface area contributed by atoms with Crippen molar-refractivity contribution in [3.05, 3.63) is 0 Å². The second-order valence-corrected chi connectivity index (χ2v) is 3.02. The molecule has 1 aliphatic carbocycles. The van der Waals surface area contributed by atoms with Crippen molar-refractivity contribution in [2.24, 2.45) is 0 Å². The minimum atomic E-state index is 0.417. The first-order valence-corrected chi connectivity index (χ1v) is 3.41. The molecule has 0 atom stereocenters. The first kappa shape index (κ1) is 4.77. The van der Waals surface area contributed by atoms with Crippen molar-refractivity contribution in [2.45, 2.75) is 25.3 Å². The summed E-state index contributed by atoms with van der Waals surface area (Å²) in [5.74, 6) is 0. The Bertz CT molecular complexity index is 105. The number of likely N-dealkylation sites (tertiary alicyclic amines) is 1. The molecule has 0 aromatic heterocycles. The van der Waals surface area contributed by atoms with Gasteiger partial charge in [-0.25, -0.2) is 5.21 Å². The summed E-state index contributed by atoms with van der Waals surface area (Å²) in [6.07, 6.45) is 3.75. The average molecular weight is 114 g/mol. The topological polar surface area (TPSA) is 20.2 Å². The molecule has 2 fully saturated rings. The quantitative estimate of drug-likeness (QED) is 0.499.